The van der Waals surface area contributed by atoms with Crippen LogP contribution < -0.4 is 0 Å². The lowest BCUT2D eigenvalue weighted by molar-refractivity contribution is 0.569. The lowest BCUT2D eigenvalue weighted by Crippen LogP contribution is -2.30. The lowest BCUT2D eigenvalue weighted by atomic mass is 9.61. The first-order chi connectivity index (χ1) is 20.3. The molecule has 0 bridgehead atoms. The third-order valence-corrected chi connectivity index (χ3v) is 10.3. The second kappa shape index (κ2) is 8.89. The molecule has 192 valence electrons. The van der Waals surface area contributed by atoms with E-state index in [4.69, 9.17) is 0 Å². The number of hydrogen-bond acceptors (Lipinski definition) is 1. The number of rotatable bonds is 3. The van der Waals surface area contributed by atoms with Crippen LogP contribution in [0, 0.1) is 11.8 Å². The van der Waals surface area contributed by atoms with Gasteiger partial charge in [-0.15, -0.1) is 11.3 Å². The molecule has 4 aliphatic rings. The van der Waals surface area contributed by atoms with Crippen LogP contribution in [0.1, 0.15) is 11.1 Å². The quantitative estimate of drug-likeness (QED) is 0.214. The van der Waals surface area contributed by atoms with Gasteiger partial charge in [0.25, 0.3) is 0 Å². The van der Waals surface area contributed by atoms with Crippen LogP contribution >= 0.6 is 11.3 Å². The molecule has 0 amide bonds. The third kappa shape index (κ3) is 3.53. The van der Waals surface area contributed by atoms with Crippen LogP contribution in [0.3, 0.4) is 0 Å². The first-order valence-electron chi connectivity index (χ1n) is 14.3. The molecule has 5 aromatic rings. The summed E-state index contributed by atoms with van der Waals surface area (Å²) in [5, 5.41) is 2.71. The zero-order valence-corrected chi connectivity index (χ0v) is 23.2. The number of hydrogen-bond donors (Lipinski definition) is 0. The number of allylic oxidation sites excluding steroid dienone is 14. The van der Waals surface area contributed by atoms with Gasteiger partial charge >= 0.3 is 0 Å². The predicted octanol–water partition coefficient (Wildman–Crippen LogP) is 10.7. The van der Waals surface area contributed by atoms with E-state index >= 15 is 0 Å². The first kappa shape index (κ1) is 23.0. The van der Waals surface area contributed by atoms with Crippen LogP contribution in [0.4, 0.5) is 0 Å². The van der Waals surface area contributed by atoms with Gasteiger partial charge in [-0.05, 0) is 67.8 Å². The normalized spacial score (nSPS) is 20.5. The van der Waals surface area contributed by atoms with Crippen molar-refractivity contribution in [2.45, 2.75) is 0 Å². The van der Waals surface area contributed by atoms with E-state index in [-0.39, 0.29) is 0 Å². The molecule has 4 aliphatic carbocycles. The van der Waals surface area contributed by atoms with Gasteiger partial charge in [0.1, 0.15) is 0 Å². The zero-order valence-electron chi connectivity index (χ0n) is 22.4. The summed E-state index contributed by atoms with van der Waals surface area (Å²) in [6.45, 7) is 0. The Morgan fingerprint density at radius 2 is 1.15 bits per heavy atom. The third-order valence-electron chi connectivity index (χ3n) is 9.13. The van der Waals surface area contributed by atoms with Crippen LogP contribution in [-0.2, 0) is 0 Å². The number of benzene rings is 4. The van der Waals surface area contributed by atoms with Crippen LogP contribution in [-0.4, -0.2) is 0 Å². The Morgan fingerprint density at radius 1 is 0.463 bits per heavy atom. The Bertz CT molecular complexity index is 2120. The monoisotopic (exact) mass is 538 g/mol. The molecule has 9 rings (SSSR count). The topological polar surface area (TPSA) is 0 Å². The molecule has 2 atom stereocenters. The van der Waals surface area contributed by atoms with Gasteiger partial charge in [-0.1, -0.05) is 134 Å². The lowest BCUT2D eigenvalue weighted by Gasteiger charge is -2.42. The van der Waals surface area contributed by atoms with Gasteiger partial charge in [0.05, 0.1) is 0 Å². The fourth-order valence-corrected chi connectivity index (χ4v) is 8.31. The maximum absolute atomic E-state index is 2.40. The number of fused-ring (bicyclic) bond motifs is 3. The van der Waals surface area contributed by atoms with Gasteiger partial charge in [0.15, 0.2) is 0 Å². The first-order valence-corrected chi connectivity index (χ1v) is 15.2. The van der Waals surface area contributed by atoms with E-state index in [1.807, 2.05) is 11.3 Å². The summed E-state index contributed by atoms with van der Waals surface area (Å²) in [6, 6.07) is 35.5. The van der Waals surface area contributed by atoms with Gasteiger partial charge in [-0.2, -0.15) is 0 Å². The van der Waals surface area contributed by atoms with E-state index < -0.39 is 0 Å². The van der Waals surface area contributed by atoms with Crippen molar-refractivity contribution in [1.82, 2.24) is 0 Å². The molecule has 1 heterocycles. The van der Waals surface area contributed by atoms with Crippen LogP contribution in [0.15, 0.2) is 168 Å². The van der Waals surface area contributed by atoms with Crippen molar-refractivity contribution in [3.8, 4) is 11.1 Å². The highest BCUT2D eigenvalue weighted by atomic mass is 32.1. The van der Waals surface area contributed by atoms with Crippen molar-refractivity contribution < 1.29 is 0 Å². The van der Waals surface area contributed by atoms with Crippen molar-refractivity contribution in [3.63, 3.8) is 0 Å². The summed E-state index contributed by atoms with van der Waals surface area (Å²) in [6.07, 6.45) is 18.8. The summed E-state index contributed by atoms with van der Waals surface area (Å²) in [7, 11) is 0. The standard InChI is InChI=1S/C40H26S/c1-2-6-25(7-3-1)26-10-12-27(13-11-26)31-19-14-28-17-23-36-32(20-15-29-16-22-35(31)39(28)40(29)36)30-18-21-34-33-8-4-5-9-37(33)41-38(34)24-30/h1-24,39-40H. The smallest absolute Gasteiger partial charge is 0.0361 e. The maximum atomic E-state index is 2.40. The second-order valence-corrected chi connectivity index (χ2v) is 12.4. The van der Waals surface area contributed by atoms with Gasteiger partial charge in [0.2, 0.25) is 0 Å². The summed E-state index contributed by atoms with van der Waals surface area (Å²) < 4.78 is 2.72. The van der Waals surface area contributed by atoms with E-state index in [1.165, 1.54) is 75.9 Å². The average Bonchev–Trinajstić information content (AvgIpc) is 3.42. The summed E-state index contributed by atoms with van der Waals surface area (Å²) >= 11 is 1.90. The van der Waals surface area contributed by atoms with Crippen molar-refractivity contribution >= 4 is 42.7 Å². The highest BCUT2D eigenvalue weighted by Crippen LogP contribution is 2.54. The molecule has 0 N–H and O–H groups in total. The fourth-order valence-electron chi connectivity index (χ4n) is 7.17. The average molecular weight is 539 g/mol. The van der Waals surface area contributed by atoms with E-state index in [1.54, 1.807) is 0 Å². The van der Waals surface area contributed by atoms with Crippen molar-refractivity contribution in [2.75, 3.05) is 0 Å². The molecule has 0 saturated carbocycles. The SMILES string of the molecule is C1=CC2=C(c3ccc(-c4ccccc4)cc3)C=CC3=CC=C4C(c5ccc6c(c5)sc5ccccc56)=CC=C1C4C32. The van der Waals surface area contributed by atoms with Crippen molar-refractivity contribution in [2.24, 2.45) is 11.8 Å². The largest absolute Gasteiger partial charge is 0.135 e. The molecule has 0 fully saturated rings. The number of thiophene rings is 1. The Hall–Kier alpha value is -4.72. The summed E-state index contributed by atoms with van der Waals surface area (Å²) in [5.74, 6) is 0.688. The molecule has 41 heavy (non-hydrogen) atoms. The minimum Gasteiger partial charge on any atom is -0.135 e. The Labute approximate surface area is 244 Å². The van der Waals surface area contributed by atoms with E-state index in [0.717, 1.165) is 0 Å². The highest BCUT2D eigenvalue weighted by Gasteiger charge is 2.40. The predicted molar refractivity (Wildman–Crippen MR) is 176 cm³/mol. The van der Waals surface area contributed by atoms with E-state index in [9.17, 15) is 0 Å². The van der Waals surface area contributed by atoms with Crippen LogP contribution in [0.25, 0.3) is 42.4 Å². The Kier molecular flexibility index (Phi) is 5.00. The van der Waals surface area contributed by atoms with Crippen LogP contribution in [0.5, 0.6) is 0 Å². The minimum atomic E-state index is 0.344. The summed E-state index contributed by atoms with van der Waals surface area (Å²) in [5.41, 5.74) is 13.5. The molecule has 1 heteroatoms. The molecule has 0 radical (unpaired) electrons. The molecule has 1 aromatic heterocycles. The van der Waals surface area contributed by atoms with E-state index in [2.05, 4.69) is 146 Å². The second-order valence-electron chi connectivity index (χ2n) is 11.3. The Balaban J connectivity index is 1.12. The zero-order chi connectivity index (χ0) is 26.9. The van der Waals surface area contributed by atoms with Gasteiger partial charge in [-0.25, -0.2) is 0 Å². The summed E-state index contributed by atoms with van der Waals surface area (Å²) in [4.78, 5) is 0. The maximum Gasteiger partial charge on any atom is 0.0361 e. The van der Waals surface area contributed by atoms with Gasteiger partial charge in [-0.3, -0.25) is 0 Å². The molecule has 4 aromatic carbocycles. The molecular weight excluding hydrogens is 513 g/mol. The highest BCUT2D eigenvalue weighted by molar-refractivity contribution is 7.25. The van der Waals surface area contributed by atoms with Crippen molar-refractivity contribution in [3.05, 3.63) is 179 Å². The molecule has 0 aliphatic heterocycles. The van der Waals surface area contributed by atoms with E-state index in [0.29, 0.717) is 11.8 Å². The van der Waals surface area contributed by atoms with Crippen molar-refractivity contribution in [1.29, 1.82) is 0 Å². The Morgan fingerprint density at radius 3 is 2.05 bits per heavy atom. The molecule has 0 nitrogen and oxygen atoms in total. The van der Waals surface area contributed by atoms with Gasteiger partial charge in [0, 0.05) is 32.0 Å². The van der Waals surface area contributed by atoms with Gasteiger partial charge < -0.3 is 0 Å². The minimum absolute atomic E-state index is 0.344. The fraction of sp³-hybridized carbons (Fsp3) is 0.0500. The molecular formula is C40H26S. The van der Waals surface area contributed by atoms with Crippen LogP contribution in [0.2, 0.25) is 0 Å². The molecule has 0 saturated heterocycles. The molecule has 0 spiro atoms. The molecule has 2 unspecified atom stereocenters.